The van der Waals surface area contributed by atoms with Crippen LogP contribution in [-0.2, 0) is 11.2 Å². The van der Waals surface area contributed by atoms with E-state index >= 15 is 0 Å². The number of phenolic OH excluding ortho intramolecular Hbond substituents is 2. The summed E-state index contributed by atoms with van der Waals surface area (Å²) >= 11 is 0. The SMILES string of the molecule is N[C@@H](Cc1ccc(O)c(O)c1)C(=O)N1CC=CCC1. The average Bonchev–Trinajstić information content (AvgIpc) is 2.43. The molecule has 1 aromatic rings. The molecule has 19 heavy (non-hydrogen) atoms. The van der Waals surface area contributed by atoms with Crippen LogP contribution in [0.2, 0.25) is 0 Å². The molecular formula is C14H18N2O3. The van der Waals surface area contributed by atoms with Gasteiger partial charge in [-0.3, -0.25) is 4.79 Å². The van der Waals surface area contributed by atoms with Crippen molar-refractivity contribution in [3.05, 3.63) is 35.9 Å². The third kappa shape index (κ3) is 3.26. The lowest BCUT2D eigenvalue weighted by Crippen LogP contribution is -2.46. The molecule has 0 aromatic heterocycles. The predicted octanol–water partition coefficient (Wildman–Crippen LogP) is 0.756. The zero-order chi connectivity index (χ0) is 13.8. The van der Waals surface area contributed by atoms with Crippen molar-refractivity contribution in [2.75, 3.05) is 13.1 Å². The van der Waals surface area contributed by atoms with Crippen LogP contribution in [0.4, 0.5) is 0 Å². The second kappa shape index (κ2) is 5.75. The summed E-state index contributed by atoms with van der Waals surface area (Å²) in [6.45, 7) is 1.30. The molecule has 4 N–H and O–H groups in total. The lowest BCUT2D eigenvalue weighted by molar-refractivity contribution is -0.132. The highest BCUT2D eigenvalue weighted by molar-refractivity contribution is 5.82. The summed E-state index contributed by atoms with van der Waals surface area (Å²) < 4.78 is 0. The lowest BCUT2D eigenvalue weighted by atomic mass is 10.0. The van der Waals surface area contributed by atoms with Crippen molar-refractivity contribution >= 4 is 5.91 Å². The third-order valence-electron chi connectivity index (χ3n) is 3.18. The van der Waals surface area contributed by atoms with Crippen LogP contribution in [0.3, 0.4) is 0 Å². The first-order valence-corrected chi connectivity index (χ1v) is 6.28. The molecule has 102 valence electrons. The van der Waals surface area contributed by atoms with Crippen molar-refractivity contribution in [3.63, 3.8) is 0 Å². The van der Waals surface area contributed by atoms with E-state index in [1.165, 1.54) is 12.1 Å². The molecule has 0 fully saturated rings. The van der Waals surface area contributed by atoms with E-state index < -0.39 is 6.04 Å². The summed E-state index contributed by atoms with van der Waals surface area (Å²) in [5, 5.41) is 18.6. The summed E-state index contributed by atoms with van der Waals surface area (Å²) in [5.41, 5.74) is 6.63. The molecule has 1 amide bonds. The first-order valence-electron chi connectivity index (χ1n) is 6.28. The van der Waals surface area contributed by atoms with Gasteiger partial charge < -0.3 is 20.8 Å². The van der Waals surface area contributed by atoms with Crippen LogP contribution >= 0.6 is 0 Å². The molecule has 0 radical (unpaired) electrons. The first kappa shape index (κ1) is 13.4. The second-order valence-electron chi connectivity index (χ2n) is 4.68. The van der Waals surface area contributed by atoms with Crippen molar-refractivity contribution in [1.82, 2.24) is 4.90 Å². The van der Waals surface area contributed by atoms with Gasteiger partial charge >= 0.3 is 0 Å². The highest BCUT2D eigenvalue weighted by Gasteiger charge is 2.21. The van der Waals surface area contributed by atoms with Gasteiger partial charge in [-0.2, -0.15) is 0 Å². The quantitative estimate of drug-likeness (QED) is 0.554. The fourth-order valence-corrected chi connectivity index (χ4v) is 2.11. The summed E-state index contributed by atoms with van der Waals surface area (Å²) in [6.07, 6.45) is 5.21. The molecule has 5 heteroatoms. The van der Waals surface area contributed by atoms with E-state index in [4.69, 9.17) is 5.73 Å². The van der Waals surface area contributed by atoms with E-state index in [-0.39, 0.29) is 17.4 Å². The topological polar surface area (TPSA) is 86.8 Å². The average molecular weight is 262 g/mol. The van der Waals surface area contributed by atoms with Gasteiger partial charge in [0.15, 0.2) is 11.5 Å². The molecule has 2 rings (SSSR count). The van der Waals surface area contributed by atoms with Crippen LogP contribution in [0.1, 0.15) is 12.0 Å². The van der Waals surface area contributed by atoms with Crippen molar-refractivity contribution < 1.29 is 15.0 Å². The number of benzene rings is 1. The Hall–Kier alpha value is -2.01. The molecule has 0 saturated carbocycles. The minimum Gasteiger partial charge on any atom is -0.504 e. The van der Waals surface area contributed by atoms with Crippen LogP contribution in [0, 0.1) is 0 Å². The van der Waals surface area contributed by atoms with Crippen molar-refractivity contribution in [3.8, 4) is 11.5 Å². The highest BCUT2D eigenvalue weighted by atomic mass is 16.3. The number of nitrogens with zero attached hydrogens (tertiary/aromatic N) is 1. The molecule has 1 atom stereocenters. The molecule has 1 aliphatic heterocycles. The van der Waals surface area contributed by atoms with Crippen molar-refractivity contribution in [1.29, 1.82) is 0 Å². The van der Waals surface area contributed by atoms with Crippen LogP contribution < -0.4 is 5.73 Å². The molecule has 1 aromatic carbocycles. The van der Waals surface area contributed by atoms with Gasteiger partial charge in [0.25, 0.3) is 0 Å². The smallest absolute Gasteiger partial charge is 0.240 e. The molecule has 0 spiro atoms. The zero-order valence-corrected chi connectivity index (χ0v) is 10.6. The Balaban J connectivity index is 1.99. The second-order valence-corrected chi connectivity index (χ2v) is 4.68. The van der Waals surface area contributed by atoms with Crippen LogP contribution in [-0.4, -0.2) is 40.2 Å². The Labute approximate surface area is 112 Å². The van der Waals surface area contributed by atoms with Crippen LogP contribution in [0.25, 0.3) is 0 Å². The fraction of sp³-hybridized carbons (Fsp3) is 0.357. The standard InChI is InChI=1S/C14H18N2O3/c15-11(14(19)16-6-2-1-3-7-16)8-10-4-5-12(17)13(18)9-10/h1-2,4-5,9,11,17-18H,3,6-8,15H2/t11-/m0/s1. The maximum absolute atomic E-state index is 12.1. The lowest BCUT2D eigenvalue weighted by Gasteiger charge is -2.26. The third-order valence-corrected chi connectivity index (χ3v) is 3.18. The fourth-order valence-electron chi connectivity index (χ4n) is 2.11. The van der Waals surface area contributed by atoms with E-state index in [1.807, 2.05) is 12.2 Å². The maximum atomic E-state index is 12.1. The van der Waals surface area contributed by atoms with Gasteiger partial charge in [-0.25, -0.2) is 0 Å². The molecule has 0 unspecified atom stereocenters. The van der Waals surface area contributed by atoms with Crippen LogP contribution in [0.15, 0.2) is 30.4 Å². The number of phenols is 2. The molecule has 0 aliphatic carbocycles. The number of hydrogen-bond acceptors (Lipinski definition) is 4. The molecule has 0 bridgehead atoms. The molecule has 0 saturated heterocycles. The Morgan fingerprint density at radius 2 is 2.11 bits per heavy atom. The van der Waals surface area contributed by atoms with Gasteiger partial charge in [0.2, 0.25) is 5.91 Å². The van der Waals surface area contributed by atoms with Crippen LogP contribution in [0.5, 0.6) is 11.5 Å². The number of carbonyl (C=O) groups is 1. The van der Waals surface area contributed by atoms with Crippen molar-refractivity contribution in [2.24, 2.45) is 5.73 Å². The normalized spacial score (nSPS) is 16.4. The van der Waals surface area contributed by atoms with Gasteiger partial charge in [-0.05, 0) is 30.5 Å². The number of hydrogen-bond donors (Lipinski definition) is 3. The Kier molecular flexibility index (Phi) is 4.06. The number of aromatic hydroxyl groups is 2. The number of amides is 1. The first-order chi connectivity index (χ1) is 9.08. The summed E-state index contributed by atoms with van der Waals surface area (Å²) in [5.74, 6) is -0.459. The predicted molar refractivity (Wildman–Crippen MR) is 71.8 cm³/mol. The van der Waals surface area contributed by atoms with Gasteiger partial charge in [0.05, 0.1) is 6.04 Å². The van der Waals surface area contributed by atoms with E-state index in [1.54, 1.807) is 11.0 Å². The number of rotatable bonds is 3. The minimum atomic E-state index is -0.629. The monoisotopic (exact) mass is 262 g/mol. The zero-order valence-electron chi connectivity index (χ0n) is 10.6. The van der Waals surface area contributed by atoms with E-state index in [0.717, 1.165) is 12.0 Å². The summed E-state index contributed by atoms with van der Waals surface area (Å²) in [6, 6.07) is 3.85. The van der Waals surface area contributed by atoms with E-state index in [0.29, 0.717) is 19.5 Å². The Bertz CT molecular complexity index is 499. The molecule has 1 aliphatic rings. The van der Waals surface area contributed by atoms with Gasteiger partial charge in [0, 0.05) is 13.1 Å². The van der Waals surface area contributed by atoms with E-state index in [9.17, 15) is 15.0 Å². The summed E-state index contributed by atoms with van der Waals surface area (Å²) in [7, 11) is 0. The van der Waals surface area contributed by atoms with Gasteiger partial charge in [-0.1, -0.05) is 18.2 Å². The Morgan fingerprint density at radius 3 is 2.74 bits per heavy atom. The van der Waals surface area contributed by atoms with E-state index in [2.05, 4.69) is 0 Å². The van der Waals surface area contributed by atoms with Crippen molar-refractivity contribution in [2.45, 2.75) is 18.9 Å². The highest BCUT2D eigenvalue weighted by Crippen LogP contribution is 2.25. The number of nitrogens with two attached hydrogens (primary N) is 1. The van der Waals surface area contributed by atoms with Gasteiger partial charge in [0.1, 0.15) is 0 Å². The number of carbonyl (C=O) groups excluding carboxylic acids is 1. The minimum absolute atomic E-state index is 0.0862. The molecule has 5 nitrogen and oxygen atoms in total. The largest absolute Gasteiger partial charge is 0.504 e. The van der Waals surface area contributed by atoms with Gasteiger partial charge in [-0.15, -0.1) is 0 Å². The molecular weight excluding hydrogens is 244 g/mol. The maximum Gasteiger partial charge on any atom is 0.240 e. The summed E-state index contributed by atoms with van der Waals surface area (Å²) in [4.78, 5) is 13.8. The Morgan fingerprint density at radius 1 is 1.32 bits per heavy atom. The molecule has 1 heterocycles.